The molecule has 0 fully saturated rings. The molecule has 0 saturated heterocycles. The summed E-state index contributed by atoms with van der Waals surface area (Å²) in [5.41, 5.74) is 1.53. The molecule has 0 saturated carbocycles. The summed E-state index contributed by atoms with van der Waals surface area (Å²) in [6.07, 6.45) is 0.105. The van der Waals surface area contributed by atoms with E-state index in [4.69, 9.17) is 16.0 Å². The van der Waals surface area contributed by atoms with Gasteiger partial charge < -0.3 is 4.42 Å². The van der Waals surface area contributed by atoms with Gasteiger partial charge in [0, 0.05) is 6.42 Å². The first-order valence-electron chi connectivity index (χ1n) is 5.10. The molecule has 4 heteroatoms. The van der Waals surface area contributed by atoms with E-state index >= 15 is 0 Å². The molecule has 1 heterocycles. The largest absolute Gasteiger partial charge is 0.442 e. The third-order valence-electron chi connectivity index (χ3n) is 2.51. The summed E-state index contributed by atoms with van der Waals surface area (Å²) >= 11 is 5.59. The number of carbonyl (C=O) groups is 1. The van der Waals surface area contributed by atoms with Crippen molar-refractivity contribution in [2.45, 2.75) is 13.3 Å². The van der Waals surface area contributed by atoms with Gasteiger partial charge in [0.2, 0.25) is 5.78 Å². The highest BCUT2D eigenvalue weighted by Crippen LogP contribution is 2.17. The Hall–Kier alpha value is -1.61. The quantitative estimate of drug-likeness (QED) is 0.778. The number of hydrogen-bond donors (Lipinski definition) is 0. The summed E-state index contributed by atoms with van der Waals surface area (Å²) in [5, 5.41) is 0.171. The van der Waals surface area contributed by atoms with Crippen molar-refractivity contribution < 1.29 is 13.6 Å². The van der Waals surface area contributed by atoms with Crippen LogP contribution in [0.15, 0.2) is 34.7 Å². The van der Waals surface area contributed by atoms with Gasteiger partial charge in [-0.15, -0.1) is 0 Å². The zero-order valence-electron chi connectivity index (χ0n) is 9.17. The lowest BCUT2D eigenvalue weighted by Crippen LogP contribution is -2.04. The third-order valence-corrected chi connectivity index (χ3v) is 2.71. The molecule has 0 unspecified atom stereocenters. The Kier molecular flexibility index (Phi) is 3.29. The highest BCUT2D eigenvalue weighted by Gasteiger charge is 2.13. The molecule has 1 aromatic heterocycles. The minimum atomic E-state index is -0.351. The zero-order chi connectivity index (χ0) is 12.4. The molecule has 88 valence electrons. The summed E-state index contributed by atoms with van der Waals surface area (Å²) in [7, 11) is 0. The normalized spacial score (nSPS) is 10.5. The van der Waals surface area contributed by atoms with Crippen LogP contribution in [-0.2, 0) is 6.42 Å². The number of carbonyl (C=O) groups excluding carboxylic acids is 1. The van der Waals surface area contributed by atoms with E-state index in [1.54, 1.807) is 6.07 Å². The summed E-state index contributed by atoms with van der Waals surface area (Å²) in [6.45, 7) is 1.83. The summed E-state index contributed by atoms with van der Waals surface area (Å²) in [5.74, 6) is -0.375. The summed E-state index contributed by atoms with van der Waals surface area (Å²) in [6, 6.07) is 7.39. The minimum absolute atomic E-state index is 0.105. The second kappa shape index (κ2) is 4.72. The number of aryl methyl sites for hydroxylation is 1. The van der Waals surface area contributed by atoms with Gasteiger partial charge in [-0.3, -0.25) is 4.79 Å². The first kappa shape index (κ1) is 11.9. The zero-order valence-corrected chi connectivity index (χ0v) is 9.92. The lowest BCUT2D eigenvalue weighted by Gasteiger charge is -2.03. The Balaban J connectivity index is 2.21. The van der Waals surface area contributed by atoms with E-state index < -0.39 is 0 Å². The van der Waals surface area contributed by atoms with Gasteiger partial charge in [-0.05, 0) is 53.9 Å². The lowest BCUT2D eigenvalue weighted by atomic mass is 10.0. The van der Waals surface area contributed by atoms with Crippen molar-refractivity contribution in [3.63, 3.8) is 0 Å². The van der Waals surface area contributed by atoms with Crippen molar-refractivity contribution in [2.24, 2.45) is 0 Å². The standard InChI is InChI=1S/C13H10ClFO2/c1-8-2-3-10(15)6-9(8)7-11(16)12-4-5-13(14)17-12/h2-6H,7H2,1H3. The molecule has 2 nitrogen and oxygen atoms in total. The van der Waals surface area contributed by atoms with Crippen molar-refractivity contribution in [2.75, 3.05) is 0 Å². The molecule has 0 bridgehead atoms. The van der Waals surface area contributed by atoms with Crippen molar-refractivity contribution >= 4 is 17.4 Å². The van der Waals surface area contributed by atoms with Crippen LogP contribution in [0.1, 0.15) is 21.7 Å². The molecular weight excluding hydrogens is 243 g/mol. The van der Waals surface area contributed by atoms with E-state index in [2.05, 4.69) is 0 Å². The topological polar surface area (TPSA) is 30.2 Å². The lowest BCUT2D eigenvalue weighted by molar-refractivity contribution is 0.0966. The van der Waals surface area contributed by atoms with E-state index in [0.717, 1.165) is 5.56 Å². The van der Waals surface area contributed by atoms with Crippen molar-refractivity contribution in [1.82, 2.24) is 0 Å². The Morgan fingerprint density at radius 3 is 2.76 bits per heavy atom. The number of hydrogen-bond acceptors (Lipinski definition) is 2. The number of furan rings is 1. The third kappa shape index (κ3) is 2.74. The molecule has 2 rings (SSSR count). The molecular formula is C13H10ClFO2. The Morgan fingerprint density at radius 1 is 1.35 bits per heavy atom. The fourth-order valence-corrected chi connectivity index (χ4v) is 1.70. The molecule has 0 aliphatic carbocycles. The molecule has 17 heavy (non-hydrogen) atoms. The van der Waals surface area contributed by atoms with Crippen LogP contribution in [0.4, 0.5) is 4.39 Å². The number of halogens is 2. The average molecular weight is 253 g/mol. The van der Waals surface area contributed by atoms with Crippen LogP contribution in [-0.4, -0.2) is 5.78 Å². The number of ketones is 1. The van der Waals surface area contributed by atoms with Crippen LogP contribution in [0.2, 0.25) is 5.22 Å². The Bertz CT molecular complexity index is 560. The van der Waals surface area contributed by atoms with Crippen molar-refractivity contribution in [1.29, 1.82) is 0 Å². The molecule has 0 atom stereocenters. The highest BCUT2D eigenvalue weighted by atomic mass is 35.5. The molecule has 0 radical (unpaired) electrons. The highest BCUT2D eigenvalue weighted by molar-refractivity contribution is 6.29. The van der Waals surface area contributed by atoms with E-state index in [0.29, 0.717) is 5.56 Å². The predicted molar refractivity (Wildman–Crippen MR) is 62.9 cm³/mol. The first-order valence-corrected chi connectivity index (χ1v) is 5.47. The van der Waals surface area contributed by atoms with E-state index in [9.17, 15) is 9.18 Å². The van der Waals surface area contributed by atoms with E-state index in [-0.39, 0.29) is 29.0 Å². The van der Waals surface area contributed by atoms with Gasteiger partial charge in [0.15, 0.2) is 11.0 Å². The fraction of sp³-hybridized carbons (Fsp3) is 0.154. The van der Waals surface area contributed by atoms with Crippen molar-refractivity contribution in [3.8, 4) is 0 Å². The smallest absolute Gasteiger partial charge is 0.202 e. The van der Waals surface area contributed by atoms with Gasteiger partial charge in [0.1, 0.15) is 5.82 Å². The van der Waals surface area contributed by atoms with Gasteiger partial charge in [-0.2, -0.15) is 0 Å². The second-order valence-electron chi connectivity index (χ2n) is 3.77. The maximum Gasteiger partial charge on any atom is 0.202 e. The maximum atomic E-state index is 13.0. The fourth-order valence-electron chi connectivity index (χ4n) is 1.55. The monoisotopic (exact) mass is 252 g/mol. The van der Waals surface area contributed by atoms with Crippen LogP contribution in [0.3, 0.4) is 0 Å². The SMILES string of the molecule is Cc1ccc(F)cc1CC(=O)c1ccc(Cl)o1. The van der Waals surface area contributed by atoms with E-state index in [1.807, 2.05) is 6.92 Å². The Morgan fingerprint density at radius 2 is 2.12 bits per heavy atom. The van der Waals surface area contributed by atoms with Crippen LogP contribution in [0.5, 0.6) is 0 Å². The molecule has 0 amide bonds. The average Bonchev–Trinajstić information content (AvgIpc) is 2.70. The van der Waals surface area contributed by atoms with Gasteiger partial charge in [-0.1, -0.05) is 6.07 Å². The molecule has 0 N–H and O–H groups in total. The van der Waals surface area contributed by atoms with Crippen LogP contribution in [0, 0.1) is 12.7 Å². The van der Waals surface area contributed by atoms with Crippen molar-refractivity contribution in [3.05, 3.63) is 58.3 Å². The molecule has 1 aromatic carbocycles. The minimum Gasteiger partial charge on any atom is -0.442 e. The van der Waals surface area contributed by atoms with Crippen LogP contribution >= 0.6 is 11.6 Å². The maximum absolute atomic E-state index is 13.0. The van der Waals surface area contributed by atoms with Crippen LogP contribution in [0.25, 0.3) is 0 Å². The van der Waals surface area contributed by atoms with Crippen LogP contribution < -0.4 is 0 Å². The second-order valence-corrected chi connectivity index (χ2v) is 4.15. The summed E-state index contributed by atoms with van der Waals surface area (Å²) in [4.78, 5) is 11.8. The van der Waals surface area contributed by atoms with Gasteiger partial charge in [0.25, 0.3) is 0 Å². The number of rotatable bonds is 3. The molecule has 0 aliphatic heterocycles. The van der Waals surface area contributed by atoms with Gasteiger partial charge in [0.05, 0.1) is 0 Å². The van der Waals surface area contributed by atoms with Gasteiger partial charge >= 0.3 is 0 Å². The number of Topliss-reactive ketones (excluding diaryl/α,β-unsaturated/α-hetero) is 1. The van der Waals surface area contributed by atoms with E-state index in [1.165, 1.54) is 24.3 Å². The summed E-state index contributed by atoms with van der Waals surface area (Å²) < 4.78 is 18.1. The molecule has 2 aromatic rings. The first-order chi connectivity index (χ1) is 8.06. The molecule has 0 spiro atoms. The Labute approximate surface area is 103 Å². The van der Waals surface area contributed by atoms with Gasteiger partial charge in [-0.25, -0.2) is 4.39 Å². The molecule has 0 aliphatic rings. The number of benzene rings is 1. The predicted octanol–water partition coefficient (Wildman–Crippen LogP) is 3.81.